The van der Waals surface area contributed by atoms with Crippen molar-refractivity contribution in [2.75, 3.05) is 12.3 Å². The van der Waals surface area contributed by atoms with Gasteiger partial charge in [-0.3, -0.25) is 9.59 Å². The van der Waals surface area contributed by atoms with Gasteiger partial charge in [-0.1, -0.05) is 13.0 Å². The number of carboxylic acids is 1. The molecule has 18 heavy (non-hydrogen) atoms. The Labute approximate surface area is 115 Å². The summed E-state index contributed by atoms with van der Waals surface area (Å²) < 4.78 is 1.13. The number of hydrogen-bond acceptors (Lipinski definition) is 4. The first-order valence-electron chi connectivity index (χ1n) is 5.72. The van der Waals surface area contributed by atoms with Gasteiger partial charge in [-0.05, 0) is 23.8 Å². The Balaban J connectivity index is 2.11. The van der Waals surface area contributed by atoms with Crippen LogP contribution >= 0.6 is 23.1 Å². The fourth-order valence-electron chi connectivity index (χ4n) is 1.29. The van der Waals surface area contributed by atoms with Gasteiger partial charge >= 0.3 is 5.97 Å². The van der Waals surface area contributed by atoms with Crippen molar-refractivity contribution in [1.29, 1.82) is 0 Å². The summed E-state index contributed by atoms with van der Waals surface area (Å²) in [6, 6.07) is 3.94. The van der Waals surface area contributed by atoms with Crippen molar-refractivity contribution in [1.82, 2.24) is 5.32 Å². The first-order valence-corrected chi connectivity index (χ1v) is 7.59. The molecule has 6 heteroatoms. The zero-order chi connectivity index (χ0) is 13.4. The van der Waals surface area contributed by atoms with Crippen molar-refractivity contribution < 1.29 is 14.7 Å². The van der Waals surface area contributed by atoms with Crippen LogP contribution in [-0.4, -0.2) is 29.3 Å². The van der Waals surface area contributed by atoms with E-state index in [1.165, 1.54) is 11.8 Å². The van der Waals surface area contributed by atoms with Crippen LogP contribution in [0.5, 0.6) is 0 Å². The summed E-state index contributed by atoms with van der Waals surface area (Å²) in [7, 11) is 0. The highest BCUT2D eigenvalue weighted by Gasteiger charge is 2.08. The molecule has 0 aliphatic heterocycles. The average molecular weight is 287 g/mol. The van der Waals surface area contributed by atoms with Gasteiger partial charge in [0.05, 0.1) is 9.96 Å². The normalized spacial score (nSPS) is 12.1. The molecule has 1 atom stereocenters. The van der Waals surface area contributed by atoms with Gasteiger partial charge in [0.2, 0.25) is 5.91 Å². The van der Waals surface area contributed by atoms with Gasteiger partial charge in [-0.15, -0.1) is 23.1 Å². The molecule has 1 aromatic rings. The molecule has 1 heterocycles. The number of thioether (sulfide) groups is 1. The topological polar surface area (TPSA) is 66.4 Å². The largest absolute Gasteiger partial charge is 0.481 e. The molecule has 0 saturated heterocycles. The summed E-state index contributed by atoms with van der Waals surface area (Å²) in [6.07, 6.45) is 0.745. The van der Waals surface area contributed by atoms with E-state index in [-0.39, 0.29) is 18.2 Å². The Morgan fingerprint density at radius 1 is 1.56 bits per heavy atom. The van der Waals surface area contributed by atoms with Gasteiger partial charge in [-0.25, -0.2) is 0 Å². The van der Waals surface area contributed by atoms with Crippen LogP contribution in [0, 0.1) is 5.92 Å². The van der Waals surface area contributed by atoms with Gasteiger partial charge < -0.3 is 10.4 Å². The molecule has 1 aromatic heterocycles. The first-order chi connectivity index (χ1) is 8.58. The second-order valence-electron chi connectivity index (χ2n) is 4.06. The van der Waals surface area contributed by atoms with E-state index in [0.29, 0.717) is 18.7 Å². The molecule has 0 bridgehead atoms. The summed E-state index contributed by atoms with van der Waals surface area (Å²) in [6.45, 7) is 2.48. The minimum Gasteiger partial charge on any atom is -0.481 e. The van der Waals surface area contributed by atoms with Crippen LogP contribution in [-0.2, 0) is 9.59 Å². The Kier molecular flexibility index (Phi) is 6.82. The highest BCUT2D eigenvalue weighted by Crippen LogP contribution is 2.22. The van der Waals surface area contributed by atoms with Crippen LogP contribution in [0.1, 0.15) is 19.8 Å². The van der Waals surface area contributed by atoms with E-state index in [1.54, 1.807) is 11.3 Å². The van der Waals surface area contributed by atoms with Crippen LogP contribution < -0.4 is 5.32 Å². The predicted molar refractivity (Wildman–Crippen MR) is 74.1 cm³/mol. The summed E-state index contributed by atoms with van der Waals surface area (Å²) >= 11 is 3.14. The van der Waals surface area contributed by atoms with Crippen molar-refractivity contribution in [3.05, 3.63) is 17.5 Å². The molecule has 0 saturated carbocycles. The molecule has 0 aliphatic rings. The Morgan fingerprint density at radius 2 is 2.33 bits per heavy atom. The van der Waals surface area contributed by atoms with Gasteiger partial charge in [0, 0.05) is 13.0 Å². The minimum atomic E-state index is -0.790. The Bertz CT molecular complexity index is 379. The van der Waals surface area contributed by atoms with Gasteiger partial charge in [-0.2, -0.15) is 0 Å². The first kappa shape index (κ1) is 15.0. The van der Waals surface area contributed by atoms with Gasteiger partial charge in [0.15, 0.2) is 0 Å². The molecule has 1 amide bonds. The number of carbonyl (C=O) groups is 2. The summed E-state index contributed by atoms with van der Waals surface area (Å²) in [5, 5.41) is 13.3. The van der Waals surface area contributed by atoms with Gasteiger partial charge in [0.25, 0.3) is 0 Å². The standard InChI is InChI=1S/C12H17NO3S2/c1-9(4-5-11(15)16)7-13-10(14)8-18-12-3-2-6-17-12/h2-3,6,9H,4-5,7-8H2,1H3,(H,13,14)(H,15,16). The van der Waals surface area contributed by atoms with Crippen molar-refractivity contribution in [2.24, 2.45) is 5.92 Å². The lowest BCUT2D eigenvalue weighted by molar-refractivity contribution is -0.137. The number of carbonyl (C=O) groups excluding carboxylic acids is 1. The predicted octanol–water partition coefficient (Wildman–Crippen LogP) is 2.46. The third-order valence-corrected chi connectivity index (χ3v) is 4.47. The molecule has 0 fully saturated rings. The van der Waals surface area contributed by atoms with Crippen LogP contribution in [0.15, 0.2) is 21.7 Å². The smallest absolute Gasteiger partial charge is 0.303 e. The average Bonchev–Trinajstić information content (AvgIpc) is 2.84. The third-order valence-electron chi connectivity index (χ3n) is 2.34. The molecule has 0 aromatic carbocycles. The SMILES string of the molecule is CC(CCC(=O)O)CNC(=O)CSc1cccs1. The highest BCUT2D eigenvalue weighted by atomic mass is 32.2. The summed E-state index contributed by atoms with van der Waals surface area (Å²) in [5.74, 6) is -0.194. The lowest BCUT2D eigenvalue weighted by atomic mass is 10.1. The van der Waals surface area contributed by atoms with E-state index in [0.717, 1.165) is 4.21 Å². The minimum absolute atomic E-state index is 0.00410. The van der Waals surface area contributed by atoms with E-state index in [4.69, 9.17) is 5.11 Å². The van der Waals surface area contributed by atoms with Gasteiger partial charge in [0.1, 0.15) is 0 Å². The molecular formula is C12H17NO3S2. The van der Waals surface area contributed by atoms with Crippen molar-refractivity contribution in [3.8, 4) is 0 Å². The maximum Gasteiger partial charge on any atom is 0.303 e. The number of aliphatic carboxylic acids is 1. The number of rotatable bonds is 8. The van der Waals surface area contributed by atoms with Crippen LogP contribution in [0.4, 0.5) is 0 Å². The maximum absolute atomic E-state index is 11.5. The second kappa shape index (κ2) is 8.16. The fourth-order valence-corrected chi connectivity index (χ4v) is 2.91. The van der Waals surface area contributed by atoms with E-state index >= 15 is 0 Å². The summed E-state index contributed by atoms with van der Waals surface area (Å²) in [4.78, 5) is 21.9. The number of nitrogens with one attached hydrogen (secondary N) is 1. The number of thiophene rings is 1. The molecule has 0 spiro atoms. The molecule has 2 N–H and O–H groups in total. The Morgan fingerprint density at radius 3 is 2.94 bits per heavy atom. The van der Waals surface area contributed by atoms with Crippen molar-refractivity contribution in [3.63, 3.8) is 0 Å². The third kappa shape index (κ3) is 6.66. The zero-order valence-corrected chi connectivity index (χ0v) is 11.9. The molecular weight excluding hydrogens is 270 g/mol. The fraction of sp³-hybridized carbons (Fsp3) is 0.500. The molecule has 0 radical (unpaired) electrons. The Hall–Kier alpha value is -1.01. The van der Waals surface area contributed by atoms with E-state index in [9.17, 15) is 9.59 Å². The highest BCUT2D eigenvalue weighted by molar-refractivity contribution is 8.01. The van der Waals surface area contributed by atoms with E-state index in [1.807, 2.05) is 24.4 Å². The van der Waals surface area contributed by atoms with Crippen LogP contribution in [0.2, 0.25) is 0 Å². The monoisotopic (exact) mass is 287 g/mol. The second-order valence-corrected chi connectivity index (χ2v) is 6.29. The maximum atomic E-state index is 11.5. The lowest BCUT2D eigenvalue weighted by Gasteiger charge is -2.11. The summed E-state index contributed by atoms with van der Waals surface area (Å²) in [5.41, 5.74) is 0. The quantitative estimate of drug-likeness (QED) is 0.721. The van der Waals surface area contributed by atoms with E-state index < -0.39 is 5.97 Å². The zero-order valence-electron chi connectivity index (χ0n) is 10.2. The molecule has 1 unspecified atom stereocenters. The molecule has 100 valence electrons. The van der Waals surface area contributed by atoms with E-state index in [2.05, 4.69) is 5.32 Å². The number of hydrogen-bond donors (Lipinski definition) is 2. The molecule has 0 aliphatic carbocycles. The lowest BCUT2D eigenvalue weighted by Crippen LogP contribution is -2.29. The van der Waals surface area contributed by atoms with Crippen LogP contribution in [0.3, 0.4) is 0 Å². The van der Waals surface area contributed by atoms with Crippen LogP contribution in [0.25, 0.3) is 0 Å². The molecule has 4 nitrogen and oxygen atoms in total. The van der Waals surface area contributed by atoms with Crippen molar-refractivity contribution >= 4 is 35.0 Å². The van der Waals surface area contributed by atoms with Crippen molar-refractivity contribution in [2.45, 2.75) is 24.0 Å². The molecule has 1 rings (SSSR count). The number of amides is 1. The number of carboxylic acid groups (broad SMARTS) is 1.